The van der Waals surface area contributed by atoms with Gasteiger partial charge in [0.05, 0.1) is 25.4 Å². The van der Waals surface area contributed by atoms with E-state index in [4.69, 9.17) is 14.8 Å². The molecule has 0 heterocycles. The number of amides is 1. The van der Waals surface area contributed by atoms with Crippen molar-refractivity contribution < 1.29 is 28.4 Å². The molecular formula is C41H77N2O6P. The minimum absolute atomic E-state index is 0.0862. The number of nitrogens with one attached hydrogen (secondary N) is 1. The van der Waals surface area contributed by atoms with Crippen molar-refractivity contribution in [1.82, 2.24) is 5.32 Å². The van der Waals surface area contributed by atoms with Gasteiger partial charge in [-0.25, -0.2) is 4.57 Å². The number of phosphoric ester groups is 1. The summed E-state index contributed by atoms with van der Waals surface area (Å²) in [4.78, 5) is 22.6. The number of phosphoric acid groups is 1. The third-order valence-corrected chi connectivity index (χ3v) is 9.68. The highest BCUT2D eigenvalue weighted by Gasteiger charge is 2.27. The van der Waals surface area contributed by atoms with E-state index in [9.17, 15) is 19.4 Å². The fourth-order valence-electron chi connectivity index (χ4n) is 5.66. The molecule has 0 radical (unpaired) electrons. The van der Waals surface area contributed by atoms with E-state index < -0.39 is 20.0 Å². The molecule has 1 amide bonds. The van der Waals surface area contributed by atoms with Crippen molar-refractivity contribution in [1.29, 1.82) is 0 Å². The summed E-state index contributed by atoms with van der Waals surface area (Å²) in [6.45, 7) is 4.04. The van der Waals surface area contributed by atoms with E-state index in [1.54, 1.807) is 0 Å². The van der Waals surface area contributed by atoms with Crippen molar-refractivity contribution in [2.24, 2.45) is 5.73 Å². The molecule has 0 aromatic carbocycles. The van der Waals surface area contributed by atoms with Crippen molar-refractivity contribution in [2.45, 2.75) is 187 Å². The highest BCUT2D eigenvalue weighted by Crippen LogP contribution is 2.43. The van der Waals surface area contributed by atoms with Gasteiger partial charge in [0, 0.05) is 13.0 Å². The van der Waals surface area contributed by atoms with Gasteiger partial charge in [-0.05, 0) is 51.4 Å². The molecule has 0 aromatic rings. The van der Waals surface area contributed by atoms with Crippen molar-refractivity contribution in [3.05, 3.63) is 48.6 Å². The fraction of sp³-hybridized carbons (Fsp3) is 0.780. The Morgan fingerprint density at radius 1 is 0.680 bits per heavy atom. The molecule has 292 valence electrons. The first kappa shape index (κ1) is 48.5. The summed E-state index contributed by atoms with van der Waals surface area (Å²) in [5, 5.41) is 13.7. The van der Waals surface area contributed by atoms with Crippen LogP contribution in [0.15, 0.2) is 48.6 Å². The molecule has 9 heteroatoms. The lowest BCUT2D eigenvalue weighted by molar-refractivity contribution is -0.123. The fourth-order valence-corrected chi connectivity index (χ4v) is 6.42. The Labute approximate surface area is 307 Å². The molecule has 0 aliphatic carbocycles. The summed E-state index contributed by atoms with van der Waals surface area (Å²) in [5.41, 5.74) is 5.35. The Kier molecular flexibility index (Phi) is 36.1. The average molecular weight is 725 g/mol. The van der Waals surface area contributed by atoms with Gasteiger partial charge in [-0.2, -0.15) is 0 Å². The molecule has 0 aromatic heterocycles. The standard InChI is InChI=1S/C41H77N2O6P/c1-3-5-7-9-11-13-14-15-16-17-18-19-20-21-22-23-24-25-26-27-29-31-33-35-41(45)43-39(38-49-50(46,47)48-37-36-42)40(44)34-32-30-28-12-10-8-6-4-2/h5,7,11,13,15-16,18-19,39-40,44H,3-4,6,8-10,12,14,17,20-38,42H2,1-2H3,(H,43,45)(H,46,47)/b7-5-,13-11-,16-15-,19-18-. The number of allylic oxidation sites excluding steroid dienone is 8. The molecule has 0 fully saturated rings. The minimum atomic E-state index is -4.31. The summed E-state index contributed by atoms with van der Waals surface area (Å²) in [7, 11) is -4.31. The van der Waals surface area contributed by atoms with Gasteiger partial charge >= 0.3 is 7.82 Å². The van der Waals surface area contributed by atoms with Gasteiger partial charge in [-0.1, -0.05) is 165 Å². The van der Waals surface area contributed by atoms with E-state index in [0.717, 1.165) is 64.2 Å². The van der Waals surface area contributed by atoms with Crippen LogP contribution in [-0.2, 0) is 18.4 Å². The number of unbranched alkanes of at least 4 members (excludes halogenated alkanes) is 17. The zero-order chi connectivity index (χ0) is 36.8. The Balaban J connectivity index is 4.04. The van der Waals surface area contributed by atoms with Crippen LogP contribution in [-0.4, -0.2) is 47.8 Å². The first-order chi connectivity index (χ1) is 24.4. The van der Waals surface area contributed by atoms with Gasteiger partial charge in [0.15, 0.2) is 0 Å². The highest BCUT2D eigenvalue weighted by atomic mass is 31.2. The van der Waals surface area contributed by atoms with Crippen LogP contribution in [0.2, 0.25) is 0 Å². The summed E-state index contributed by atoms with van der Waals surface area (Å²) in [6, 6.07) is -0.775. The van der Waals surface area contributed by atoms with Crippen molar-refractivity contribution in [2.75, 3.05) is 19.8 Å². The topological polar surface area (TPSA) is 131 Å². The molecule has 5 N–H and O–H groups in total. The Bertz CT molecular complexity index is 923. The molecule has 0 rings (SSSR count). The smallest absolute Gasteiger partial charge is 0.391 e. The van der Waals surface area contributed by atoms with Crippen LogP contribution in [0.3, 0.4) is 0 Å². The zero-order valence-electron chi connectivity index (χ0n) is 32.1. The maximum absolute atomic E-state index is 12.7. The lowest BCUT2D eigenvalue weighted by Gasteiger charge is -2.25. The second kappa shape index (κ2) is 37.2. The Hall–Kier alpha value is -1.54. The van der Waals surface area contributed by atoms with Crippen LogP contribution >= 0.6 is 7.82 Å². The molecule has 0 saturated carbocycles. The molecule has 0 spiro atoms. The number of nitrogens with two attached hydrogens (primary N) is 1. The van der Waals surface area contributed by atoms with E-state index in [2.05, 4.69) is 67.8 Å². The van der Waals surface area contributed by atoms with Crippen molar-refractivity contribution in [3.63, 3.8) is 0 Å². The SMILES string of the molecule is CC/C=C\C/C=C\C/C=C\C/C=C\CCCCCCCCCCCCC(=O)NC(COP(=O)(O)OCCN)C(O)CCCCCCCCCC. The predicted octanol–water partition coefficient (Wildman–Crippen LogP) is 10.9. The van der Waals surface area contributed by atoms with E-state index in [1.165, 1.54) is 83.5 Å². The Morgan fingerprint density at radius 2 is 1.16 bits per heavy atom. The number of aliphatic hydroxyl groups is 1. The van der Waals surface area contributed by atoms with Gasteiger partial charge in [0.1, 0.15) is 0 Å². The van der Waals surface area contributed by atoms with Crippen LogP contribution in [0.1, 0.15) is 174 Å². The summed E-state index contributed by atoms with van der Waals surface area (Å²) < 4.78 is 22.0. The number of hydrogen-bond donors (Lipinski definition) is 4. The number of hydrogen-bond acceptors (Lipinski definition) is 6. The third kappa shape index (κ3) is 34.9. The van der Waals surface area contributed by atoms with E-state index >= 15 is 0 Å². The molecular weight excluding hydrogens is 647 g/mol. The Morgan fingerprint density at radius 3 is 1.70 bits per heavy atom. The number of rotatable bonds is 37. The van der Waals surface area contributed by atoms with Gasteiger partial charge in [-0.3, -0.25) is 13.8 Å². The highest BCUT2D eigenvalue weighted by molar-refractivity contribution is 7.47. The lowest BCUT2D eigenvalue weighted by atomic mass is 10.0. The summed E-state index contributed by atoms with van der Waals surface area (Å²) in [6.07, 6.45) is 44.2. The van der Waals surface area contributed by atoms with Crippen LogP contribution < -0.4 is 11.1 Å². The molecule has 3 unspecified atom stereocenters. The van der Waals surface area contributed by atoms with Gasteiger partial charge in [-0.15, -0.1) is 0 Å². The molecule has 0 aliphatic rings. The molecule has 0 bridgehead atoms. The molecule has 50 heavy (non-hydrogen) atoms. The predicted molar refractivity (Wildman–Crippen MR) is 212 cm³/mol. The zero-order valence-corrected chi connectivity index (χ0v) is 33.0. The summed E-state index contributed by atoms with van der Waals surface area (Å²) >= 11 is 0. The van der Waals surface area contributed by atoms with E-state index in [0.29, 0.717) is 12.8 Å². The van der Waals surface area contributed by atoms with Gasteiger partial charge in [0.25, 0.3) is 0 Å². The number of carbonyl (C=O) groups excluding carboxylic acids is 1. The van der Waals surface area contributed by atoms with E-state index in [-0.39, 0.29) is 25.7 Å². The van der Waals surface area contributed by atoms with Gasteiger partial charge in [0.2, 0.25) is 5.91 Å². The van der Waals surface area contributed by atoms with Gasteiger partial charge < -0.3 is 21.1 Å². The maximum Gasteiger partial charge on any atom is 0.472 e. The number of carbonyl (C=O) groups is 1. The lowest BCUT2D eigenvalue weighted by Crippen LogP contribution is -2.46. The normalized spacial score (nSPS) is 14.7. The van der Waals surface area contributed by atoms with E-state index in [1.807, 2.05) is 0 Å². The van der Waals surface area contributed by atoms with Crippen molar-refractivity contribution in [3.8, 4) is 0 Å². The average Bonchev–Trinajstić information content (AvgIpc) is 3.10. The quantitative estimate of drug-likeness (QED) is 0.0285. The monoisotopic (exact) mass is 725 g/mol. The minimum Gasteiger partial charge on any atom is -0.391 e. The molecule has 0 saturated heterocycles. The third-order valence-electron chi connectivity index (χ3n) is 8.70. The first-order valence-corrected chi connectivity index (χ1v) is 21.7. The van der Waals surface area contributed by atoms with Crippen molar-refractivity contribution >= 4 is 13.7 Å². The molecule has 0 aliphatic heterocycles. The van der Waals surface area contributed by atoms with Crippen LogP contribution in [0.4, 0.5) is 0 Å². The molecule has 3 atom stereocenters. The second-order valence-electron chi connectivity index (χ2n) is 13.5. The largest absolute Gasteiger partial charge is 0.472 e. The maximum atomic E-state index is 12.7. The second-order valence-corrected chi connectivity index (χ2v) is 14.9. The van der Waals surface area contributed by atoms with Crippen LogP contribution in [0.5, 0.6) is 0 Å². The van der Waals surface area contributed by atoms with Crippen LogP contribution in [0, 0.1) is 0 Å². The number of aliphatic hydroxyl groups excluding tert-OH is 1. The van der Waals surface area contributed by atoms with Crippen LogP contribution in [0.25, 0.3) is 0 Å². The molecule has 8 nitrogen and oxygen atoms in total. The first-order valence-electron chi connectivity index (χ1n) is 20.3. The summed E-state index contributed by atoms with van der Waals surface area (Å²) in [5.74, 6) is -0.172.